The fourth-order valence-electron chi connectivity index (χ4n) is 0.791. The van der Waals surface area contributed by atoms with Gasteiger partial charge in [0.15, 0.2) is 0 Å². The molecular weight excluding hydrogens is 191 g/mol. The number of rotatable bonds is 0. The molecule has 2 aromatic rings. The fourth-order valence-corrected chi connectivity index (χ4v) is 0.791. The number of aryl methyl sites for hydroxylation is 1. The summed E-state index contributed by atoms with van der Waals surface area (Å²) in [5.74, 6) is 0. The van der Waals surface area contributed by atoms with Crippen molar-refractivity contribution in [2.45, 2.75) is 6.92 Å². The van der Waals surface area contributed by atoms with E-state index in [1.807, 2.05) is 42.5 Å². The van der Waals surface area contributed by atoms with Crippen LogP contribution >= 0.6 is 0 Å². The second-order valence-corrected chi connectivity index (χ2v) is 2.42. The van der Waals surface area contributed by atoms with Gasteiger partial charge in [-0.15, -0.1) is 0 Å². The van der Waals surface area contributed by atoms with E-state index in [1.54, 1.807) is 0 Å². The Morgan fingerprint density at radius 1 is 1.00 bits per heavy atom. The molecule has 0 atom stereocenters. The zero-order valence-corrected chi connectivity index (χ0v) is 8.07. The molecule has 12 heavy (non-hydrogen) atoms. The molecule has 0 N–H and O–H groups in total. The third kappa shape index (κ3) is 4.94. The van der Waals surface area contributed by atoms with Gasteiger partial charge in [-0.25, -0.2) is 24.3 Å². The van der Waals surface area contributed by atoms with Crippen LogP contribution in [0, 0.1) is 6.92 Å². The van der Waals surface area contributed by atoms with E-state index in [1.165, 1.54) is 5.56 Å². The molecule has 2 aromatic carbocycles. The summed E-state index contributed by atoms with van der Waals surface area (Å²) in [6.45, 7) is 2.08. The van der Waals surface area contributed by atoms with E-state index in [0.717, 1.165) is 0 Å². The summed E-state index contributed by atoms with van der Waals surface area (Å²) in [4.78, 5) is 0. The van der Waals surface area contributed by atoms with E-state index in [-0.39, 0.29) is 16.8 Å². The summed E-state index contributed by atoms with van der Waals surface area (Å²) < 4.78 is 0. The molecule has 1 radical (unpaired) electrons. The quantitative estimate of drug-likeness (QED) is 0.577. The van der Waals surface area contributed by atoms with Crippen LogP contribution in [0.25, 0.3) is 0 Å². The molecule has 0 unspecified atom stereocenters. The van der Waals surface area contributed by atoms with Gasteiger partial charge in [-0.05, 0) is 0 Å². The van der Waals surface area contributed by atoms with Crippen molar-refractivity contribution in [2.24, 2.45) is 0 Å². The standard InChI is InChI=1S/C6H7.C5H5.Co/c1-6-4-2-3-5-6;1-2-4-5-3-1;/h2-5H,1H3;1-5H;/q2*-1;+2. The molecule has 0 aliphatic rings. The molecule has 2 rings (SSSR count). The number of hydrogen-bond acceptors (Lipinski definition) is 0. The van der Waals surface area contributed by atoms with Crippen LogP contribution in [0.3, 0.4) is 0 Å². The summed E-state index contributed by atoms with van der Waals surface area (Å²) in [6, 6.07) is 18.2. The zero-order chi connectivity index (χ0) is 7.94. The first-order chi connectivity index (χ1) is 5.39. The van der Waals surface area contributed by atoms with Crippen LogP contribution in [-0.4, -0.2) is 0 Å². The maximum Gasteiger partial charge on any atom is 2.00 e. The Morgan fingerprint density at radius 3 is 1.83 bits per heavy atom. The van der Waals surface area contributed by atoms with Gasteiger partial charge in [0.2, 0.25) is 0 Å². The normalized spacial score (nSPS) is 7.75. The maximum atomic E-state index is 2.08. The minimum absolute atomic E-state index is 0. The van der Waals surface area contributed by atoms with E-state index in [4.69, 9.17) is 0 Å². The van der Waals surface area contributed by atoms with Crippen LogP contribution in [0.2, 0.25) is 0 Å². The van der Waals surface area contributed by atoms with Crippen molar-refractivity contribution in [3.8, 4) is 0 Å². The van der Waals surface area contributed by atoms with Gasteiger partial charge in [0.1, 0.15) is 0 Å². The summed E-state index contributed by atoms with van der Waals surface area (Å²) in [5.41, 5.74) is 1.34. The molecule has 0 aromatic heterocycles. The first-order valence-corrected chi connectivity index (χ1v) is 3.74. The van der Waals surface area contributed by atoms with Crippen LogP contribution < -0.4 is 0 Å². The average molecular weight is 203 g/mol. The van der Waals surface area contributed by atoms with E-state index in [9.17, 15) is 0 Å². The maximum absolute atomic E-state index is 2.08. The van der Waals surface area contributed by atoms with Crippen molar-refractivity contribution in [3.63, 3.8) is 0 Å². The van der Waals surface area contributed by atoms with Crippen molar-refractivity contribution in [1.82, 2.24) is 0 Å². The molecule has 0 amide bonds. The minimum Gasteiger partial charge on any atom is -0.214 e. The smallest absolute Gasteiger partial charge is 0.214 e. The summed E-state index contributed by atoms with van der Waals surface area (Å²) >= 11 is 0. The molecule has 0 nitrogen and oxygen atoms in total. The van der Waals surface area contributed by atoms with Crippen molar-refractivity contribution >= 4 is 0 Å². The summed E-state index contributed by atoms with van der Waals surface area (Å²) in [7, 11) is 0. The predicted molar refractivity (Wildman–Crippen MR) is 48.8 cm³/mol. The minimum atomic E-state index is 0. The van der Waals surface area contributed by atoms with Gasteiger partial charge < -0.3 is 0 Å². The van der Waals surface area contributed by atoms with Crippen molar-refractivity contribution in [3.05, 3.63) is 60.2 Å². The largest absolute Gasteiger partial charge is 2.00 e. The molecule has 0 fully saturated rings. The predicted octanol–water partition coefficient (Wildman–Crippen LogP) is 3.12. The van der Waals surface area contributed by atoms with Crippen LogP contribution in [-0.2, 0) is 16.8 Å². The van der Waals surface area contributed by atoms with Gasteiger partial charge >= 0.3 is 16.8 Å². The Hall–Kier alpha value is -0.794. The Balaban J connectivity index is 0.000000189. The Morgan fingerprint density at radius 2 is 1.67 bits per heavy atom. The zero-order valence-electron chi connectivity index (χ0n) is 7.03. The van der Waals surface area contributed by atoms with Crippen molar-refractivity contribution < 1.29 is 16.8 Å². The summed E-state index contributed by atoms with van der Waals surface area (Å²) in [6.07, 6.45) is 0. The van der Waals surface area contributed by atoms with Crippen LogP contribution in [0.5, 0.6) is 0 Å². The molecule has 65 valence electrons. The monoisotopic (exact) mass is 203 g/mol. The third-order valence-corrected chi connectivity index (χ3v) is 1.38. The van der Waals surface area contributed by atoms with E-state index in [0.29, 0.717) is 0 Å². The molecule has 0 saturated heterocycles. The SMILES string of the molecule is Cc1ccc[cH-]1.[Co+2].c1cc[cH-]c1. The molecule has 0 aliphatic heterocycles. The van der Waals surface area contributed by atoms with Gasteiger partial charge in [-0.2, -0.15) is 35.9 Å². The second-order valence-electron chi connectivity index (χ2n) is 2.42. The van der Waals surface area contributed by atoms with Gasteiger partial charge in [0, 0.05) is 0 Å². The molecule has 0 heterocycles. The van der Waals surface area contributed by atoms with E-state index >= 15 is 0 Å². The average Bonchev–Trinajstić information content (AvgIpc) is 2.57. The summed E-state index contributed by atoms with van der Waals surface area (Å²) in [5, 5.41) is 0. The molecule has 0 aliphatic carbocycles. The first kappa shape index (κ1) is 11.2. The van der Waals surface area contributed by atoms with Crippen molar-refractivity contribution in [1.29, 1.82) is 0 Å². The third-order valence-electron chi connectivity index (χ3n) is 1.38. The Kier molecular flexibility index (Phi) is 6.43. The molecule has 0 spiro atoms. The van der Waals surface area contributed by atoms with Crippen molar-refractivity contribution in [2.75, 3.05) is 0 Å². The topological polar surface area (TPSA) is 0 Å². The first-order valence-electron chi connectivity index (χ1n) is 3.74. The van der Waals surface area contributed by atoms with Crippen LogP contribution in [0.15, 0.2) is 54.6 Å². The molecular formula is C11H12Co. The van der Waals surface area contributed by atoms with E-state index in [2.05, 4.69) is 19.1 Å². The molecule has 0 bridgehead atoms. The van der Waals surface area contributed by atoms with Gasteiger partial charge in [-0.3, -0.25) is 0 Å². The van der Waals surface area contributed by atoms with Crippen LogP contribution in [0.4, 0.5) is 0 Å². The Labute approximate surface area is 84.2 Å². The fraction of sp³-hybridized carbons (Fsp3) is 0.0909. The van der Waals surface area contributed by atoms with Gasteiger partial charge in [-0.1, -0.05) is 6.92 Å². The van der Waals surface area contributed by atoms with Gasteiger partial charge in [0.25, 0.3) is 0 Å². The van der Waals surface area contributed by atoms with E-state index < -0.39 is 0 Å². The molecule has 1 heteroatoms. The Bertz CT molecular complexity index is 223. The molecule has 0 saturated carbocycles. The second kappa shape index (κ2) is 6.89. The number of hydrogen-bond donors (Lipinski definition) is 0. The van der Waals surface area contributed by atoms with Crippen LogP contribution in [0.1, 0.15) is 5.56 Å². The van der Waals surface area contributed by atoms with Gasteiger partial charge in [0.05, 0.1) is 0 Å².